The van der Waals surface area contributed by atoms with E-state index in [1.165, 1.54) is 11.6 Å². The van der Waals surface area contributed by atoms with Crippen molar-refractivity contribution >= 4 is 23.6 Å². The van der Waals surface area contributed by atoms with Crippen molar-refractivity contribution in [1.82, 2.24) is 23.6 Å². The number of methoxy groups -OCH3 is 1. The lowest BCUT2D eigenvalue weighted by Gasteiger charge is -2.19. The molecule has 0 N–H and O–H groups in total. The van der Waals surface area contributed by atoms with Gasteiger partial charge in [0, 0.05) is 32.7 Å². The highest BCUT2D eigenvalue weighted by Crippen LogP contribution is 2.24. The molecule has 0 atom stereocenters. The smallest absolute Gasteiger partial charge is 0.332 e. The molecule has 0 saturated carbocycles. The monoisotopic (exact) mass is 421 g/mol. The zero-order valence-corrected chi connectivity index (χ0v) is 18.3. The minimum Gasteiger partial charge on any atom is -0.497 e. The third-order valence-corrected chi connectivity index (χ3v) is 5.23. The summed E-state index contributed by atoms with van der Waals surface area (Å²) in [6, 6.07) is 7.55. The van der Waals surface area contributed by atoms with Gasteiger partial charge < -0.3 is 14.2 Å². The van der Waals surface area contributed by atoms with Gasteiger partial charge in [0.1, 0.15) is 11.6 Å². The van der Waals surface area contributed by atoms with Gasteiger partial charge in [0.15, 0.2) is 11.2 Å². The van der Waals surface area contributed by atoms with Crippen molar-refractivity contribution in [3.8, 4) is 17.1 Å². The number of fused-ring (bicyclic) bond motifs is 1. The van der Waals surface area contributed by atoms with Crippen LogP contribution in [-0.4, -0.2) is 50.3 Å². The van der Waals surface area contributed by atoms with E-state index < -0.39 is 0 Å². The molecule has 3 aromatic rings. The van der Waals surface area contributed by atoms with Crippen LogP contribution >= 0.6 is 12.4 Å². The normalized spacial score (nSPS) is 11.1. The van der Waals surface area contributed by atoms with Crippen LogP contribution in [0.25, 0.3) is 22.6 Å². The van der Waals surface area contributed by atoms with Gasteiger partial charge in [0.05, 0.1) is 7.11 Å². The van der Waals surface area contributed by atoms with E-state index in [0.29, 0.717) is 23.5 Å². The van der Waals surface area contributed by atoms with Crippen molar-refractivity contribution in [2.24, 2.45) is 14.1 Å². The number of imidazole rings is 1. The molecule has 8 nitrogen and oxygen atoms in total. The Balaban J connectivity index is 0.00000300. The summed E-state index contributed by atoms with van der Waals surface area (Å²) in [5, 5.41) is 0. The second-order valence-corrected chi connectivity index (χ2v) is 6.72. The molecule has 0 saturated heterocycles. The highest BCUT2D eigenvalue weighted by molar-refractivity contribution is 5.85. The Hall–Kier alpha value is -2.58. The molecule has 0 fully saturated rings. The van der Waals surface area contributed by atoms with Crippen LogP contribution < -0.4 is 16.0 Å². The van der Waals surface area contributed by atoms with Gasteiger partial charge in [-0.25, -0.2) is 9.78 Å². The number of benzene rings is 1. The average molecular weight is 422 g/mol. The van der Waals surface area contributed by atoms with Crippen molar-refractivity contribution < 1.29 is 4.74 Å². The first-order valence-corrected chi connectivity index (χ1v) is 9.45. The molecule has 0 aliphatic carbocycles. The van der Waals surface area contributed by atoms with Crippen LogP contribution in [-0.2, 0) is 20.6 Å². The SMILES string of the molecule is CCN(CC)CCn1c(-c2ccc(OC)cc2)nc2c1c(=O)n(C)c(=O)n2C.Cl. The van der Waals surface area contributed by atoms with Crippen LogP contribution in [0.5, 0.6) is 5.75 Å². The fourth-order valence-corrected chi connectivity index (χ4v) is 3.41. The zero-order chi connectivity index (χ0) is 20.4. The van der Waals surface area contributed by atoms with Crippen molar-refractivity contribution in [1.29, 1.82) is 0 Å². The Morgan fingerprint density at radius 3 is 2.21 bits per heavy atom. The lowest BCUT2D eigenvalue weighted by atomic mass is 10.2. The summed E-state index contributed by atoms with van der Waals surface area (Å²) in [5.74, 6) is 1.42. The van der Waals surface area contributed by atoms with Gasteiger partial charge in [0.25, 0.3) is 5.56 Å². The van der Waals surface area contributed by atoms with Gasteiger partial charge >= 0.3 is 5.69 Å². The molecular formula is C20H28ClN5O3. The molecule has 1 aromatic carbocycles. The second-order valence-electron chi connectivity index (χ2n) is 6.72. The zero-order valence-electron chi connectivity index (χ0n) is 17.5. The summed E-state index contributed by atoms with van der Waals surface area (Å²) in [4.78, 5) is 32.2. The van der Waals surface area contributed by atoms with Gasteiger partial charge in [-0.15, -0.1) is 12.4 Å². The summed E-state index contributed by atoms with van der Waals surface area (Å²) < 4.78 is 9.73. The van der Waals surface area contributed by atoms with Gasteiger partial charge in [-0.05, 0) is 37.4 Å². The standard InChI is InChI=1S/C20H27N5O3.ClH/c1-6-24(7-2)12-13-25-16-18(22(3)20(27)23(4)19(16)26)21-17(25)14-8-10-15(28-5)11-9-14;/h8-11H,6-7,12-13H2,1-5H3;1H. The molecule has 2 heterocycles. The van der Waals surface area contributed by atoms with E-state index in [4.69, 9.17) is 4.74 Å². The van der Waals surface area contributed by atoms with Crippen LogP contribution in [0.2, 0.25) is 0 Å². The molecule has 0 bridgehead atoms. The molecule has 29 heavy (non-hydrogen) atoms. The minimum absolute atomic E-state index is 0. The van der Waals surface area contributed by atoms with E-state index in [0.717, 1.165) is 35.5 Å². The Kier molecular flexibility index (Phi) is 7.26. The number of hydrogen-bond acceptors (Lipinski definition) is 5. The Morgan fingerprint density at radius 2 is 1.66 bits per heavy atom. The lowest BCUT2D eigenvalue weighted by molar-refractivity contribution is 0.292. The van der Waals surface area contributed by atoms with E-state index >= 15 is 0 Å². The molecule has 9 heteroatoms. The molecule has 0 aliphatic heterocycles. The minimum atomic E-state index is -0.382. The van der Waals surface area contributed by atoms with Gasteiger partial charge in [-0.3, -0.25) is 13.9 Å². The van der Waals surface area contributed by atoms with Crippen LogP contribution in [0, 0.1) is 0 Å². The summed E-state index contributed by atoms with van der Waals surface area (Å²) in [6.07, 6.45) is 0. The predicted molar refractivity (Wildman–Crippen MR) is 117 cm³/mol. The molecule has 0 radical (unpaired) electrons. The van der Waals surface area contributed by atoms with E-state index in [1.54, 1.807) is 14.2 Å². The van der Waals surface area contributed by atoms with Gasteiger partial charge in [0.2, 0.25) is 0 Å². The van der Waals surface area contributed by atoms with Crippen molar-refractivity contribution in [3.63, 3.8) is 0 Å². The van der Waals surface area contributed by atoms with E-state index in [-0.39, 0.29) is 23.7 Å². The predicted octanol–water partition coefficient (Wildman–Crippen LogP) is 1.87. The molecular weight excluding hydrogens is 394 g/mol. The third kappa shape index (κ3) is 4.09. The van der Waals surface area contributed by atoms with Crippen LogP contribution in [0.15, 0.2) is 33.9 Å². The maximum atomic E-state index is 12.9. The van der Waals surface area contributed by atoms with Crippen molar-refractivity contribution in [2.45, 2.75) is 20.4 Å². The number of halogens is 1. The first kappa shape index (κ1) is 22.7. The Bertz CT molecular complexity index is 1090. The molecule has 0 spiro atoms. The largest absolute Gasteiger partial charge is 0.497 e. The second kappa shape index (κ2) is 9.28. The number of rotatable bonds is 7. The van der Waals surface area contributed by atoms with Gasteiger partial charge in [-0.1, -0.05) is 13.8 Å². The summed E-state index contributed by atoms with van der Waals surface area (Å²) in [5.41, 5.74) is 1.00. The number of aryl methyl sites for hydroxylation is 1. The molecule has 0 unspecified atom stereocenters. The summed E-state index contributed by atoms with van der Waals surface area (Å²) in [6.45, 7) is 7.47. The van der Waals surface area contributed by atoms with Crippen molar-refractivity contribution in [3.05, 3.63) is 45.1 Å². The van der Waals surface area contributed by atoms with E-state index in [9.17, 15) is 9.59 Å². The quantitative estimate of drug-likeness (QED) is 0.582. The molecule has 3 rings (SSSR count). The number of aromatic nitrogens is 4. The van der Waals surface area contributed by atoms with Crippen LogP contribution in [0.3, 0.4) is 0 Å². The van der Waals surface area contributed by atoms with Crippen molar-refractivity contribution in [2.75, 3.05) is 26.7 Å². The lowest BCUT2D eigenvalue weighted by Crippen LogP contribution is -2.38. The first-order chi connectivity index (χ1) is 13.4. The molecule has 0 amide bonds. The maximum absolute atomic E-state index is 12.9. The topological polar surface area (TPSA) is 74.3 Å². The number of hydrogen-bond donors (Lipinski definition) is 0. The fraction of sp³-hybridized carbons (Fsp3) is 0.450. The third-order valence-electron chi connectivity index (χ3n) is 5.23. The first-order valence-electron chi connectivity index (χ1n) is 9.45. The summed E-state index contributed by atoms with van der Waals surface area (Å²) >= 11 is 0. The molecule has 0 aliphatic rings. The van der Waals surface area contributed by atoms with E-state index in [1.807, 2.05) is 28.8 Å². The Labute approximate surface area is 175 Å². The highest BCUT2D eigenvalue weighted by atomic mass is 35.5. The molecule has 2 aromatic heterocycles. The fourth-order valence-electron chi connectivity index (χ4n) is 3.41. The van der Waals surface area contributed by atoms with Crippen LogP contribution in [0.1, 0.15) is 13.8 Å². The molecule has 158 valence electrons. The number of ether oxygens (including phenoxy) is 1. The maximum Gasteiger partial charge on any atom is 0.332 e. The summed E-state index contributed by atoms with van der Waals surface area (Å²) in [7, 11) is 4.76. The van der Waals surface area contributed by atoms with E-state index in [2.05, 4.69) is 23.7 Å². The van der Waals surface area contributed by atoms with Gasteiger partial charge in [-0.2, -0.15) is 0 Å². The number of nitrogens with zero attached hydrogens (tertiary/aromatic N) is 5. The average Bonchev–Trinajstić information content (AvgIpc) is 3.11. The number of likely N-dealkylation sites (N-methyl/N-ethyl adjacent to an activating group) is 1. The van der Waals surface area contributed by atoms with Crippen LogP contribution in [0.4, 0.5) is 0 Å². The Morgan fingerprint density at radius 1 is 1.03 bits per heavy atom. The highest BCUT2D eigenvalue weighted by Gasteiger charge is 2.20.